The maximum atomic E-state index is 11.8. The summed E-state index contributed by atoms with van der Waals surface area (Å²) in [5.41, 5.74) is 8.68. The van der Waals surface area contributed by atoms with Gasteiger partial charge in [-0.05, 0) is 66.4 Å². The zero-order chi connectivity index (χ0) is 38.0. The number of rotatable bonds is 17. The monoisotopic (exact) mass is 761 g/mol. The molecule has 1 aliphatic rings. The van der Waals surface area contributed by atoms with Crippen LogP contribution in [-0.4, -0.2) is 97.4 Å². The van der Waals surface area contributed by atoms with E-state index in [1.54, 1.807) is 24.4 Å². The second-order valence-corrected chi connectivity index (χ2v) is 16.2. The largest absolute Gasteiger partial charge is 0.488 e. The molecule has 0 aliphatic carbocycles. The summed E-state index contributed by atoms with van der Waals surface area (Å²) in [6.45, 7) is 8.15. The van der Waals surface area contributed by atoms with Crippen molar-refractivity contribution in [3.63, 3.8) is 0 Å². The third-order valence-corrected chi connectivity index (χ3v) is 11.6. The molecule has 53 heavy (non-hydrogen) atoms. The van der Waals surface area contributed by atoms with Crippen LogP contribution in [-0.2, 0) is 36.1 Å². The third-order valence-electron chi connectivity index (χ3n) is 9.70. The van der Waals surface area contributed by atoms with Crippen LogP contribution in [0, 0.1) is 25.2 Å². The fourth-order valence-corrected chi connectivity index (χ4v) is 7.80. The van der Waals surface area contributed by atoms with E-state index in [0.717, 1.165) is 47.5 Å². The van der Waals surface area contributed by atoms with Gasteiger partial charge < -0.3 is 34.8 Å². The molecule has 3 N–H and O–H groups in total. The van der Waals surface area contributed by atoms with Crippen molar-refractivity contribution in [1.29, 1.82) is 5.26 Å². The first-order chi connectivity index (χ1) is 25.5. The molecule has 0 spiro atoms. The average molecular weight is 762 g/mol. The number of nitrogens with one attached hydrogen (secondary N) is 1. The van der Waals surface area contributed by atoms with E-state index in [4.69, 9.17) is 21.1 Å². The van der Waals surface area contributed by atoms with E-state index in [0.29, 0.717) is 40.7 Å². The predicted octanol–water partition coefficient (Wildman–Crippen LogP) is 4.65. The van der Waals surface area contributed by atoms with E-state index in [1.165, 1.54) is 17.3 Å². The second-order valence-electron chi connectivity index (χ2n) is 13.5. The summed E-state index contributed by atoms with van der Waals surface area (Å²) in [7, 11) is -0.785. The van der Waals surface area contributed by atoms with Crippen molar-refractivity contribution in [2.24, 2.45) is 0 Å². The second kappa shape index (κ2) is 18.8. The molecule has 0 unspecified atom stereocenters. The summed E-state index contributed by atoms with van der Waals surface area (Å²) in [5.74, 6) is 1.42. The van der Waals surface area contributed by atoms with Crippen molar-refractivity contribution in [3.8, 4) is 28.7 Å². The van der Waals surface area contributed by atoms with E-state index in [-0.39, 0.29) is 44.5 Å². The highest BCUT2D eigenvalue weighted by Gasteiger charge is 2.22. The third kappa shape index (κ3) is 11.0. The van der Waals surface area contributed by atoms with Crippen molar-refractivity contribution in [2.45, 2.75) is 46.2 Å². The first-order valence-corrected chi connectivity index (χ1v) is 19.9. The minimum absolute atomic E-state index is 0.153. The number of sulfone groups is 1. The lowest BCUT2D eigenvalue weighted by Gasteiger charge is -2.28. The van der Waals surface area contributed by atoms with E-state index in [9.17, 15) is 23.9 Å². The molecule has 1 aromatic heterocycles. The normalized spacial score (nSPS) is 14.4. The van der Waals surface area contributed by atoms with E-state index in [2.05, 4.69) is 71.3 Å². The number of aliphatic hydroxyl groups excluding tert-OH is 2. The van der Waals surface area contributed by atoms with Crippen molar-refractivity contribution in [1.82, 2.24) is 20.1 Å². The standard InChI is InChI=1S/C40H48ClN5O6S/c1-28-32(23-45(3)10-11-46-12-14-53(49,50)15-13-46)6-4-8-36(28)37-9-5-7-33(29(37)2)27-52-40-18-39(51-26-31-16-30(19-42)20-43-21-31)34(17-38(40)41)22-44-35(24-47)25-48/h4-9,16-18,20-21,35,44,47-48H,10-15,22-27H2,1-3H3. The maximum Gasteiger partial charge on any atom is 0.152 e. The first-order valence-electron chi connectivity index (χ1n) is 17.7. The zero-order valence-corrected chi connectivity index (χ0v) is 32.1. The summed E-state index contributed by atoms with van der Waals surface area (Å²) in [6, 6.07) is 19.4. The molecule has 0 amide bonds. The van der Waals surface area contributed by atoms with Gasteiger partial charge in [-0.15, -0.1) is 0 Å². The van der Waals surface area contributed by atoms with Crippen LogP contribution in [0.1, 0.15) is 38.9 Å². The number of halogens is 1. The molecule has 0 radical (unpaired) electrons. The molecule has 1 saturated heterocycles. The van der Waals surface area contributed by atoms with Gasteiger partial charge in [-0.1, -0.05) is 48.0 Å². The Balaban J connectivity index is 1.29. The molecular weight excluding hydrogens is 714 g/mol. The SMILES string of the molecule is Cc1c(COc2cc(OCc3cncc(C#N)c3)c(CNC(CO)CO)cc2Cl)cccc1-c1cccc(CN(C)CCN2CCS(=O)(=O)CC2)c1C. The number of benzene rings is 3. The van der Waals surface area contributed by atoms with Gasteiger partial charge in [0.2, 0.25) is 0 Å². The van der Waals surface area contributed by atoms with Gasteiger partial charge in [-0.2, -0.15) is 5.26 Å². The molecule has 2 heterocycles. The lowest BCUT2D eigenvalue weighted by molar-refractivity contribution is 0.170. The van der Waals surface area contributed by atoms with E-state index in [1.807, 2.05) is 12.1 Å². The highest BCUT2D eigenvalue weighted by atomic mass is 35.5. The molecule has 5 rings (SSSR count). The van der Waals surface area contributed by atoms with Crippen LogP contribution in [0.5, 0.6) is 11.5 Å². The summed E-state index contributed by atoms with van der Waals surface area (Å²) >= 11 is 6.75. The summed E-state index contributed by atoms with van der Waals surface area (Å²) in [4.78, 5) is 8.63. The Labute approximate surface area is 317 Å². The van der Waals surface area contributed by atoms with Gasteiger partial charge in [-0.3, -0.25) is 4.98 Å². The molecule has 13 heteroatoms. The van der Waals surface area contributed by atoms with Gasteiger partial charge in [-0.25, -0.2) is 8.42 Å². The number of nitriles is 1. The van der Waals surface area contributed by atoms with Gasteiger partial charge >= 0.3 is 0 Å². The smallest absolute Gasteiger partial charge is 0.152 e. The van der Waals surface area contributed by atoms with E-state index >= 15 is 0 Å². The number of ether oxygens (including phenoxy) is 2. The van der Waals surface area contributed by atoms with Crippen LogP contribution in [0.2, 0.25) is 5.02 Å². The molecule has 0 bridgehead atoms. The van der Waals surface area contributed by atoms with Crippen LogP contribution in [0.15, 0.2) is 67.0 Å². The Bertz CT molecular complexity index is 2000. The Morgan fingerprint density at radius 2 is 1.60 bits per heavy atom. The summed E-state index contributed by atoms with van der Waals surface area (Å²) in [6.07, 6.45) is 3.13. The van der Waals surface area contributed by atoms with Crippen molar-refractivity contribution >= 4 is 21.4 Å². The molecule has 0 atom stereocenters. The molecule has 0 saturated carbocycles. The molecule has 1 aliphatic heterocycles. The van der Waals surface area contributed by atoms with Gasteiger partial charge in [0.1, 0.15) is 30.8 Å². The molecule has 11 nitrogen and oxygen atoms in total. The average Bonchev–Trinajstić information content (AvgIpc) is 3.15. The molecule has 1 fully saturated rings. The summed E-state index contributed by atoms with van der Waals surface area (Å²) < 4.78 is 36.1. The molecule has 282 valence electrons. The van der Waals surface area contributed by atoms with Crippen LogP contribution in [0.3, 0.4) is 0 Å². The highest BCUT2D eigenvalue weighted by Crippen LogP contribution is 2.35. The lowest BCUT2D eigenvalue weighted by Crippen LogP contribution is -2.43. The quantitative estimate of drug-likeness (QED) is 0.138. The van der Waals surface area contributed by atoms with Crippen molar-refractivity contribution in [2.75, 3.05) is 57.9 Å². The molecule has 4 aromatic rings. The topological polar surface area (TPSA) is 148 Å². The van der Waals surface area contributed by atoms with Crippen LogP contribution in [0.4, 0.5) is 0 Å². The van der Waals surface area contributed by atoms with Crippen molar-refractivity contribution < 1.29 is 28.1 Å². The number of likely N-dealkylation sites (N-methyl/N-ethyl adjacent to an activating group) is 1. The van der Waals surface area contributed by atoms with Crippen LogP contribution < -0.4 is 14.8 Å². The Hall–Kier alpha value is -4.06. The van der Waals surface area contributed by atoms with E-state index < -0.39 is 15.9 Å². The number of aromatic nitrogens is 1. The number of hydrogen-bond donors (Lipinski definition) is 3. The molecular formula is C40H48ClN5O6S. The Kier molecular flexibility index (Phi) is 14.2. The highest BCUT2D eigenvalue weighted by molar-refractivity contribution is 7.91. The van der Waals surface area contributed by atoms with Crippen molar-refractivity contribution in [3.05, 3.63) is 111 Å². The van der Waals surface area contributed by atoms with Gasteiger partial charge in [0.05, 0.1) is 41.3 Å². The zero-order valence-electron chi connectivity index (χ0n) is 30.5. The number of pyridine rings is 1. The fourth-order valence-electron chi connectivity index (χ4n) is 6.28. The fraction of sp³-hybridized carbons (Fsp3) is 0.400. The van der Waals surface area contributed by atoms with Gasteiger partial charge in [0, 0.05) is 68.9 Å². The predicted molar refractivity (Wildman–Crippen MR) is 207 cm³/mol. The minimum Gasteiger partial charge on any atom is -0.488 e. The number of hydrogen-bond acceptors (Lipinski definition) is 11. The summed E-state index contributed by atoms with van der Waals surface area (Å²) in [5, 5.41) is 31.9. The number of nitrogens with zero attached hydrogens (tertiary/aromatic N) is 4. The number of aliphatic hydroxyl groups is 2. The minimum atomic E-state index is -2.89. The Morgan fingerprint density at radius 1 is 0.943 bits per heavy atom. The first kappa shape index (κ1) is 40.1. The lowest BCUT2D eigenvalue weighted by atomic mass is 9.91. The maximum absolute atomic E-state index is 11.8. The van der Waals surface area contributed by atoms with Gasteiger partial charge in [0.25, 0.3) is 0 Å². The van der Waals surface area contributed by atoms with Gasteiger partial charge in [0.15, 0.2) is 9.84 Å². The van der Waals surface area contributed by atoms with Crippen LogP contribution in [0.25, 0.3) is 11.1 Å². The molecule has 3 aromatic carbocycles. The van der Waals surface area contributed by atoms with Crippen LogP contribution >= 0.6 is 11.6 Å². The Morgan fingerprint density at radius 3 is 2.28 bits per heavy atom.